The van der Waals surface area contributed by atoms with E-state index in [9.17, 15) is 0 Å². The molecule has 18 heavy (non-hydrogen) atoms. The Bertz CT molecular complexity index is 543. The number of aryl methyl sites for hydroxylation is 1. The van der Waals surface area contributed by atoms with Crippen molar-refractivity contribution >= 4 is 15.9 Å². The predicted octanol–water partition coefficient (Wildman–Crippen LogP) is 3.66. The minimum atomic E-state index is 0.641. The van der Waals surface area contributed by atoms with Gasteiger partial charge in [0.05, 0.1) is 0 Å². The van der Waals surface area contributed by atoms with Gasteiger partial charge in [-0.05, 0) is 47.6 Å². The fourth-order valence-corrected chi connectivity index (χ4v) is 2.03. The van der Waals surface area contributed by atoms with E-state index < -0.39 is 0 Å². The van der Waals surface area contributed by atoms with Gasteiger partial charge in [0, 0.05) is 22.8 Å². The van der Waals surface area contributed by atoms with Crippen LogP contribution >= 0.6 is 15.9 Å². The SMILES string of the molecule is CNCc1cc(Br)cnc1Oc1ccccc1C. The lowest BCUT2D eigenvalue weighted by Crippen LogP contribution is -2.07. The summed E-state index contributed by atoms with van der Waals surface area (Å²) in [6.45, 7) is 2.74. The third kappa shape index (κ3) is 3.09. The summed E-state index contributed by atoms with van der Waals surface area (Å²) in [5.74, 6) is 1.48. The Morgan fingerprint density at radius 1 is 1.33 bits per heavy atom. The number of hydrogen-bond acceptors (Lipinski definition) is 3. The van der Waals surface area contributed by atoms with Gasteiger partial charge in [-0.3, -0.25) is 0 Å². The number of halogens is 1. The van der Waals surface area contributed by atoms with Crippen LogP contribution in [0.15, 0.2) is 41.0 Å². The van der Waals surface area contributed by atoms with Gasteiger partial charge in [-0.15, -0.1) is 0 Å². The van der Waals surface area contributed by atoms with E-state index in [2.05, 4.69) is 26.2 Å². The van der Waals surface area contributed by atoms with Gasteiger partial charge in [-0.2, -0.15) is 0 Å². The minimum Gasteiger partial charge on any atom is -0.438 e. The molecule has 94 valence electrons. The van der Waals surface area contributed by atoms with Crippen molar-refractivity contribution in [3.05, 3.63) is 52.1 Å². The zero-order valence-electron chi connectivity index (χ0n) is 10.4. The maximum absolute atomic E-state index is 5.88. The van der Waals surface area contributed by atoms with Crippen LogP contribution in [0.25, 0.3) is 0 Å². The molecule has 0 amide bonds. The first kappa shape index (κ1) is 13.1. The Kier molecular flexibility index (Phi) is 4.33. The van der Waals surface area contributed by atoms with E-state index in [-0.39, 0.29) is 0 Å². The Morgan fingerprint density at radius 3 is 2.83 bits per heavy atom. The van der Waals surface area contributed by atoms with Crippen molar-refractivity contribution in [2.24, 2.45) is 0 Å². The number of hydrogen-bond donors (Lipinski definition) is 1. The molecule has 0 aliphatic rings. The van der Waals surface area contributed by atoms with E-state index in [0.29, 0.717) is 12.4 Å². The van der Waals surface area contributed by atoms with Crippen molar-refractivity contribution in [2.75, 3.05) is 7.05 Å². The Balaban J connectivity index is 2.31. The van der Waals surface area contributed by atoms with Gasteiger partial charge < -0.3 is 10.1 Å². The van der Waals surface area contributed by atoms with Gasteiger partial charge in [0.25, 0.3) is 0 Å². The van der Waals surface area contributed by atoms with Gasteiger partial charge in [-0.1, -0.05) is 18.2 Å². The van der Waals surface area contributed by atoms with Crippen LogP contribution in [-0.4, -0.2) is 12.0 Å². The number of pyridine rings is 1. The zero-order chi connectivity index (χ0) is 13.0. The lowest BCUT2D eigenvalue weighted by atomic mass is 10.2. The zero-order valence-corrected chi connectivity index (χ0v) is 12.0. The topological polar surface area (TPSA) is 34.2 Å². The molecule has 0 unspecified atom stereocenters. The first-order valence-corrected chi connectivity index (χ1v) is 6.52. The molecule has 0 radical (unpaired) electrons. The number of benzene rings is 1. The van der Waals surface area contributed by atoms with Crippen LogP contribution in [0, 0.1) is 6.92 Å². The highest BCUT2D eigenvalue weighted by Crippen LogP contribution is 2.27. The van der Waals surface area contributed by atoms with Crippen molar-refractivity contribution in [3.8, 4) is 11.6 Å². The standard InChI is InChI=1S/C14H15BrN2O/c1-10-5-3-4-6-13(10)18-14-11(8-16-2)7-12(15)9-17-14/h3-7,9,16H,8H2,1-2H3. The van der Waals surface area contributed by atoms with Crippen LogP contribution in [-0.2, 0) is 6.54 Å². The molecule has 1 heterocycles. The summed E-state index contributed by atoms with van der Waals surface area (Å²) in [5, 5.41) is 3.11. The highest BCUT2D eigenvalue weighted by atomic mass is 79.9. The number of rotatable bonds is 4. The van der Waals surface area contributed by atoms with Crippen molar-refractivity contribution in [2.45, 2.75) is 13.5 Å². The molecule has 0 saturated heterocycles. The number of aromatic nitrogens is 1. The monoisotopic (exact) mass is 306 g/mol. The summed E-state index contributed by atoms with van der Waals surface area (Å²) in [4.78, 5) is 4.32. The van der Waals surface area contributed by atoms with E-state index in [1.54, 1.807) is 6.20 Å². The van der Waals surface area contributed by atoms with Crippen molar-refractivity contribution in [1.82, 2.24) is 10.3 Å². The average molecular weight is 307 g/mol. The second-order valence-corrected chi connectivity index (χ2v) is 4.93. The molecule has 1 aromatic heterocycles. The Morgan fingerprint density at radius 2 is 2.11 bits per heavy atom. The van der Waals surface area contributed by atoms with Gasteiger partial charge in [0.1, 0.15) is 5.75 Å². The first-order valence-electron chi connectivity index (χ1n) is 5.73. The van der Waals surface area contributed by atoms with Crippen molar-refractivity contribution in [1.29, 1.82) is 0 Å². The second kappa shape index (κ2) is 5.98. The highest BCUT2D eigenvalue weighted by Gasteiger charge is 2.08. The average Bonchev–Trinajstić information content (AvgIpc) is 2.35. The van der Waals surface area contributed by atoms with Crippen molar-refractivity contribution < 1.29 is 4.74 Å². The largest absolute Gasteiger partial charge is 0.438 e. The molecular formula is C14H15BrN2O. The van der Waals surface area contributed by atoms with Crippen LogP contribution < -0.4 is 10.1 Å². The summed E-state index contributed by atoms with van der Waals surface area (Å²) in [5.41, 5.74) is 2.12. The van der Waals surface area contributed by atoms with E-state index in [1.165, 1.54) is 0 Å². The molecule has 0 spiro atoms. The predicted molar refractivity (Wildman–Crippen MR) is 76.0 cm³/mol. The van der Waals surface area contributed by atoms with Gasteiger partial charge in [-0.25, -0.2) is 4.98 Å². The smallest absolute Gasteiger partial charge is 0.223 e. The molecule has 0 atom stereocenters. The maximum atomic E-state index is 5.88. The second-order valence-electron chi connectivity index (χ2n) is 4.02. The molecule has 3 nitrogen and oxygen atoms in total. The molecule has 4 heteroatoms. The third-order valence-electron chi connectivity index (χ3n) is 2.56. The number of ether oxygens (including phenoxy) is 1. The maximum Gasteiger partial charge on any atom is 0.223 e. The van der Waals surface area contributed by atoms with E-state index in [4.69, 9.17) is 4.74 Å². The highest BCUT2D eigenvalue weighted by molar-refractivity contribution is 9.10. The molecule has 0 bridgehead atoms. The summed E-state index contributed by atoms with van der Waals surface area (Å²) in [7, 11) is 1.90. The molecule has 2 aromatic rings. The molecule has 2 rings (SSSR count). The van der Waals surface area contributed by atoms with E-state index in [1.807, 2.05) is 44.3 Å². The van der Waals surface area contributed by atoms with Gasteiger partial charge >= 0.3 is 0 Å². The van der Waals surface area contributed by atoms with Gasteiger partial charge in [0.15, 0.2) is 0 Å². The van der Waals surface area contributed by atoms with Crippen LogP contribution in [0.2, 0.25) is 0 Å². The summed E-state index contributed by atoms with van der Waals surface area (Å²) in [6.07, 6.45) is 1.74. The number of nitrogens with one attached hydrogen (secondary N) is 1. The molecule has 0 fully saturated rings. The van der Waals surface area contributed by atoms with Crippen molar-refractivity contribution in [3.63, 3.8) is 0 Å². The molecule has 0 aliphatic carbocycles. The quantitative estimate of drug-likeness (QED) is 0.936. The fourth-order valence-electron chi connectivity index (χ4n) is 1.65. The molecule has 1 aromatic carbocycles. The summed E-state index contributed by atoms with van der Waals surface area (Å²) < 4.78 is 6.82. The minimum absolute atomic E-state index is 0.641. The lowest BCUT2D eigenvalue weighted by molar-refractivity contribution is 0.451. The fraction of sp³-hybridized carbons (Fsp3) is 0.214. The number of para-hydroxylation sites is 1. The molecule has 0 saturated carbocycles. The van der Waals surface area contributed by atoms with Crippen LogP contribution in [0.4, 0.5) is 0 Å². The summed E-state index contributed by atoms with van der Waals surface area (Å²) in [6, 6.07) is 9.93. The molecule has 1 N–H and O–H groups in total. The lowest BCUT2D eigenvalue weighted by Gasteiger charge is -2.11. The Labute approximate surface area is 115 Å². The summed E-state index contributed by atoms with van der Waals surface area (Å²) >= 11 is 3.42. The Hall–Kier alpha value is -1.39. The number of nitrogens with zero attached hydrogens (tertiary/aromatic N) is 1. The van der Waals surface area contributed by atoms with E-state index >= 15 is 0 Å². The van der Waals surface area contributed by atoms with Gasteiger partial charge in [0.2, 0.25) is 5.88 Å². The third-order valence-corrected chi connectivity index (χ3v) is 2.99. The molecular weight excluding hydrogens is 292 g/mol. The molecule has 0 aliphatic heterocycles. The van der Waals surface area contributed by atoms with Crippen LogP contribution in [0.3, 0.4) is 0 Å². The normalized spacial score (nSPS) is 10.4. The van der Waals surface area contributed by atoms with Crippen LogP contribution in [0.1, 0.15) is 11.1 Å². The van der Waals surface area contributed by atoms with Crippen LogP contribution in [0.5, 0.6) is 11.6 Å². The van der Waals surface area contributed by atoms with E-state index in [0.717, 1.165) is 21.3 Å². The first-order chi connectivity index (χ1) is 8.70.